The van der Waals surface area contributed by atoms with E-state index in [9.17, 15) is 4.79 Å². The van der Waals surface area contributed by atoms with Crippen LogP contribution in [0.3, 0.4) is 0 Å². The third-order valence-corrected chi connectivity index (χ3v) is 2.36. The van der Waals surface area contributed by atoms with Crippen LogP contribution >= 0.6 is 11.6 Å². The second-order valence-electron chi connectivity index (χ2n) is 3.30. The van der Waals surface area contributed by atoms with E-state index in [1.54, 1.807) is 24.3 Å². The lowest BCUT2D eigenvalue weighted by Crippen LogP contribution is -2.08. The molecule has 86 valence electrons. The Hall–Kier alpha value is -2.14. The number of rotatable bonds is 2. The van der Waals surface area contributed by atoms with Crippen LogP contribution in [0.4, 0.5) is 5.82 Å². The van der Waals surface area contributed by atoms with Gasteiger partial charge in [-0.3, -0.25) is 0 Å². The van der Waals surface area contributed by atoms with Gasteiger partial charge in [-0.2, -0.15) is 0 Å². The van der Waals surface area contributed by atoms with Crippen molar-refractivity contribution in [1.29, 1.82) is 0 Å². The maximum absolute atomic E-state index is 10.9. The SMILES string of the molecule is Nc1ncc(-c2cccc(Cl)c2)nc1C(=O)O. The number of benzene rings is 1. The second kappa shape index (κ2) is 4.39. The van der Waals surface area contributed by atoms with Gasteiger partial charge in [0, 0.05) is 10.6 Å². The van der Waals surface area contributed by atoms with Crippen molar-refractivity contribution >= 4 is 23.4 Å². The predicted octanol–water partition coefficient (Wildman–Crippen LogP) is 2.08. The van der Waals surface area contributed by atoms with Crippen LogP contribution in [0, 0.1) is 0 Å². The number of carboxylic acids is 1. The van der Waals surface area contributed by atoms with Crippen LogP contribution in [-0.4, -0.2) is 21.0 Å². The summed E-state index contributed by atoms with van der Waals surface area (Å²) in [6, 6.07) is 6.90. The van der Waals surface area contributed by atoms with Crippen LogP contribution in [-0.2, 0) is 0 Å². The number of anilines is 1. The highest BCUT2D eigenvalue weighted by Crippen LogP contribution is 2.21. The smallest absolute Gasteiger partial charge is 0.358 e. The number of nitrogens with zero attached hydrogens (tertiary/aromatic N) is 2. The summed E-state index contributed by atoms with van der Waals surface area (Å²) < 4.78 is 0. The second-order valence-corrected chi connectivity index (χ2v) is 3.74. The molecule has 0 aliphatic rings. The van der Waals surface area contributed by atoms with E-state index in [0.717, 1.165) is 0 Å². The van der Waals surface area contributed by atoms with Gasteiger partial charge in [-0.15, -0.1) is 0 Å². The van der Waals surface area contributed by atoms with E-state index in [1.165, 1.54) is 6.20 Å². The molecule has 5 nitrogen and oxygen atoms in total. The van der Waals surface area contributed by atoms with Crippen molar-refractivity contribution in [1.82, 2.24) is 9.97 Å². The summed E-state index contributed by atoms with van der Waals surface area (Å²) in [7, 11) is 0. The van der Waals surface area contributed by atoms with Crippen LogP contribution in [0.1, 0.15) is 10.5 Å². The van der Waals surface area contributed by atoms with Gasteiger partial charge in [-0.25, -0.2) is 14.8 Å². The molecule has 0 unspecified atom stereocenters. The molecule has 6 heteroatoms. The molecule has 0 bridgehead atoms. The number of carbonyl (C=O) groups is 1. The average Bonchev–Trinajstić information content (AvgIpc) is 2.29. The molecule has 0 aliphatic carbocycles. The zero-order valence-corrected chi connectivity index (χ0v) is 9.35. The van der Waals surface area contributed by atoms with Crippen molar-refractivity contribution in [3.63, 3.8) is 0 Å². The minimum Gasteiger partial charge on any atom is -0.476 e. The zero-order chi connectivity index (χ0) is 12.4. The first kappa shape index (κ1) is 11.3. The molecule has 0 radical (unpaired) electrons. The van der Waals surface area contributed by atoms with Gasteiger partial charge in [0.2, 0.25) is 0 Å². The fourth-order valence-electron chi connectivity index (χ4n) is 1.34. The van der Waals surface area contributed by atoms with Gasteiger partial charge >= 0.3 is 5.97 Å². The average molecular weight is 250 g/mol. The molecule has 2 rings (SSSR count). The highest BCUT2D eigenvalue weighted by Gasteiger charge is 2.12. The molecule has 1 heterocycles. The number of halogens is 1. The summed E-state index contributed by atoms with van der Waals surface area (Å²) in [6.45, 7) is 0. The summed E-state index contributed by atoms with van der Waals surface area (Å²) in [5.74, 6) is -1.32. The summed E-state index contributed by atoms with van der Waals surface area (Å²) in [5.41, 5.74) is 6.26. The lowest BCUT2D eigenvalue weighted by atomic mass is 10.1. The summed E-state index contributed by atoms with van der Waals surface area (Å²) in [6.07, 6.45) is 1.41. The van der Waals surface area contributed by atoms with Crippen LogP contribution < -0.4 is 5.73 Å². The fourth-order valence-corrected chi connectivity index (χ4v) is 1.53. The van der Waals surface area contributed by atoms with E-state index in [1.807, 2.05) is 0 Å². The molecule has 3 N–H and O–H groups in total. The van der Waals surface area contributed by atoms with E-state index in [4.69, 9.17) is 22.4 Å². The van der Waals surface area contributed by atoms with Crippen molar-refractivity contribution in [3.8, 4) is 11.3 Å². The predicted molar refractivity (Wildman–Crippen MR) is 63.8 cm³/mol. The molecule has 0 amide bonds. The standard InChI is InChI=1S/C11H8ClN3O2/c12-7-3-1-2-6(4-7)8-5-14-10(13)9(15-8)11(16)17/h1-5H,(H2,13,14)(H,16,17). The van der Waals surface area contributed by atoms with Gasteiger partial charge in [0.25, 0.3) is 0 Å². The molecule has 0 aliphatic heterocycles. The zero-order valence-electron chi connectivity index (χ0n) is 8.59. The third kappa shape index (κ3) is 2.34. The van der Waals surface area contributed by atoms with E-state index in [-0.39, 0.29) is 11.5 Å². The molecular formula is C11H8ClN3O2. The van der Waals surface area contributed by atoms with Crippen LogP contribution in [0.5, 0.6) is 0 Å². The van der Waals surface area contributed by atoms with Crippen LogP contribution in [0.15, 0.2) is 30.5 Å². The maximum Gasteiger partial charge on any atom is 0.358 e. The van der Waals surface area contributed by atoms with Gasteiger partial charge in [0.05, 0.1) is 11.9 Å². The summed E-state index contributed by atoms with van der Waals surface area (Å²) >= 11 is 5.84. The van der Waals surface area contributed by atoms with Gasteiger partial charge < -0.3 is 10.8 Å². The van der Waals surface area contributed by atoms with Gasteiger partial charge in [-0.05, 0) is 12.1 Å². The molecule has 0 saturated heterocycles. The first-order valence-electron chi connectivity index (χ1n) is 4.69. The number of carboxylic acid groups (broad SMARTS) is 1. The molecule has 0 atom stereocenters. The Kier molecular flexibility index (Phi) is 2.93. The Morgan fingerprint density at radius 2 is 2.18 bits per heavy atom. The van der Waals surface area contributed by atoms with Crippen molar-refractivity contribution in [2.45, 2.75) is 0 Å². The van der Waals surface area contributed by atoms with E-state index in [0.29, 0.717) is 16.3 Å². The van der Waals surface area contributed by atoms with Crippen LogP contribution in [0.2, 0.25) is 5.02 Å². The van der Waals surface area contributed by atoms with Crippen molar-refractivity contribution in [3.05, 3.63) is 41.2 Å². The van der Waals surface area contributed by atoms with Gasteiger partial charge in [0.1, 0.15) is 0 Å². The number of hydrogen-bond acceptors (Lipinski definition) is 4. The third-order valence-electron chi connectivity index (χ3n) is 2.12. The Labute approximate surface area is 102 Å². The van der Waals surface area contributed by atoms with Gasteiger partial charge in [-0.1, -0.05) is 23.7 Å². The molecule has 2 aromatic rings. The van der Waals surface area contributed by atoms with E-state index in [2.05, 4.69) is 9.97 Å². The van der Waals surface area contributed by atoms with Crippen molar-refractivity contribution in [2.24, 2.45) is 0 Å². The molecule has 1 aromatic heterocycles. The largest absolute Gasteiger partial charge is 0.476 e. The molecule has 0 spiro atoms. The monoisotopic (exact) mass is 249 g/mol. The Morgan fingerprint density at radius 1 is 1.41 bits per heavy atom. The minimum absolute atomic E-state index is 0.108. The lowest BCUT2D eigenvalue weighted by molar-refractivity contribution is 0.0691. The number of aromatic carboxylic acids is 1. The van der Waals surface area contributed by atoms with Crippen LogP contribution in [0.25, 0.3) is 11.3 Å². The van der Waals surface area contributed by atoms with E-state index < -0.39 is 5.97 Å². The number of nitrogen functional groups attached to an aromatic ring is 1. The highest BCUT2D eigenvalue weighted by atomic mass is 35.5. The van der Waals surface area contributed by atoms with Crippen molar-refractivity contribution < 1.29 is 9.90 Å². The topological polar surface area (TPSA) is 89.1 Å². The molecule has 1 aromatic carbocycles. The normalized spacial score (nSPS) is 10.2. The molecule has 17 heavy (non-hydrogen) atoms. The number of aromatic nitrogens is 2. The first-order chi connectivity index (χ1) is 8.08. The Bertz CT molecular complexity index is 587. The first-order valence-corrected chi connectivity index (χ1v) is 5.07. The molecular weight excluding hydrogens is 242 g/mol. The highest BCUT2D eigenvalue weighted by molar-refractivity contribution is 6.30. The fraction of sp³-hybridized carbons (Fsp3) is 0. The number of hydrogen-bond donors (Lipinski definition) is 2. The Balaban J connectivity index is 2.54. The summed E-state index contributed by atoms with van der Waals surface area (Å²) in [5, 5.41) is 9.42. The Morgan fingerprint density at radius 3 is 2.82 bits per heavy atom. The summed E-state index contributed by atoms with van der Waals surface area (Å²) in [4.78, 5) is 18.6. The van der Waals surface area contributed by atoms with Crippen molar-refractivity contribution in [2.75, 3.05) is 5.73 Å². The maximum atomic E-state index is 10.9. The molecule has 0 saturated carbocycles. The minimum atomic E-state index is -1.21. The molecule has 0 fully saturated rings. The van der Waals surface area contributed by atoms with Gasteiger partial charge in [0.15, 0.2) is 11.5 Å². The lowest BCUT2D eigenvalue weighted by Gasteiger charge is -2.04. The number of nitrogens with two attached hydrogens (primary N) is 1. The quantitative estimate of drug-likeness (QED) is 0.851. The van der Waals surface area contributed by atoms with E-state index >= 15 is 0 Å².